The second kappa shape index (κ2) is 10.4. The van der Waals surface area contributed by atoms with Crippen LogP contribution in [0.15, 0.2) is 78.4 Å². The summed E-state index contributed by atoms with van der Waals surface area (Å²) in [5, 5.41) is 2.66. The van der Waals surface area contributed by atoms with Crippen molar-refractivity contribution in [3.05, 3.63) is 94.5 Å². The molecule has 3 aromatic rings. The lowest BCUT2D eigenvalue weighted by molar-refractivity contribution is -0.122. The first-order valence-electron chi connectivity index (χ1n) is 11.0. The summed E-state index contributed by atoms with van der Waals surface area (Å²) in [4.78, 5) is 38.9. The lowest BCUT2D eigenvalue weighted by atomic mass is 10.1. The van der Waals surface area contributed by atoms with E-state index in [9.17, 15) is 14.4 Å². The zero-order valence-electron chi connectivity index (χ0n) is 19.2. The zero-order valence-corrected chi connectivity index (χ0v) is 19.9. The molecule has 1 heterocycles. The van der Waals surface area contributed by atoms with E-state index in [1.165, 1.54) is 18.2 Å². The van der Waals surface area contributed by atoms with Crippen LogP contribution < -0.4 is 19.7 Å². The van der Waals surface area contributed by atoms with Crippen LogP contribution >= 0.6 is 11.6 Å². The molecule has 0 bridgehead atoms. The number of nitrogens with one attached hydrogen (secondary N) is 1. The second-order valence-electron chi connectivity index (χ2n) is 7.74. The van der Waals surface area contributed by atoms with E-state index in [1.807, 2.05) is 44.2 Å². The van der Waals surface area contributed by atoms with Crippen molar-refractivity contribution < 1.29 is 23.9 Å². The quantitative estimate of drug-likeness (QED) is 0.347. The van der Waals surface area contributed by atoms with Gasteiger partial charge in [-0.2, -0.15) is 0 Å². The van der Waals surface area contributed by atoms with E-state index < -0.39 is 17.8 Å². The van der Waals surface area contributed by atoms with Gasteiger partial charge in [-0.25, -0.2) is 9.69 Å². The molecule has 0 radical (unpaired) electrons. The minimum atomic E-state index is -0.826. The third-order valence-electron chi connectivity index (χ3n) is 5.34. The zero-order chi connectivity index (χ0) is 24.9. The molecule has 8 heteroatoms. The average Bonchev–Trinajstić information content (AvgIpc) is 2.85. The van der Waals surface area contributed by atoms with Crippen LogP contribution in [0.25, 0.3) is 6.08 Å². The monoisotopic (exact) mass is 490 g/mol. The van der Waals surface area contributed by atoms with E-state index in [0.717, 1.165) is 10.5 Å². The number of carbonyl (C=O) groups is 3. The fourth-order valence-corrected chi connectivity index (χ4v) is 3.74. The fraction of sp³-hybridized carbons (Fsp3) is 0.148. The smallest absolute Gasteiger partial charge is 0.335 e. The number of rotatable bonds is 7. The topological polar surface area (TPSA) is 84.9 Å². The Kier molecular flexibility index (Phi) is 7.17. The summed E-state index contributed by atoms with van der Waals surface area (Å²) in [7, 11) is 0. The summed E-state index contributed by atoms with van der Waals surface area (Å²) >= 11 is 5.91. The highest BCUT2D eigenvalue weighted by Crippen LogP contribution is 2.33. The Balaban J connectivity index is 1.63. The van der Waals surface area contributed by atoms with Crippen molar-refractivity contribution in [3.63, 3.8) is 0 Å². The molecule has 1 N–H and O–H groups in total. The third-order valence-corrected chi connectivity index (χ3v) is 5.59. The number of urea groups is 1. The van der Waals surface area contributed by atoms with E-state index in [1.54, 1.807) is 30.3 Å². The van der Waals surface area contributed by atoms with Crippen molar-refractivity contribution in [2.24, 2.45) is 0 Å². The molecule has 4 amide bonds. The van der Waals surface area contributed by atoms with Gasteiger partial charge in [0.1, 0.15) is 11.7 Å². The molecule has 0 aliphatic carbocycles. The molecule has 3 aromatic carbocycles. The van der Waals surface area contributed by atoms with Crippen LogP contribution in [0.3, 0.4) is 0 Å². The normalized spacial score (nSPS) is 15.7. The number of amides is 4. The standard InChI is InChI=1S/C27H23ClN2O5/c1-3-34-24-16-18(9-14-23(24)35-17(2)19-7-5-4-6-8-19)15-22-25(31)29-27(33)30(26(22)32)21-12-10-20(28)11-13-21/h4-17H,3H2,1-2H3,(H,29,31,33)/b22-15-. The number of anilines is 1. The molecule has 35 heavy (non-hydrogen) atoms. The maximum absolute atomic E-state index is 13.1. The molecule has 1 unspecified atom stereocenters. The summed E-state index contributed by atoms with van der Waals surface area (Å²) in [5.41, 5.74) is 1.66. The predicted molar refractivity (Wildman–Crippen MR) is 134 cm³/mol. The number of ether oxygens (including phenoxy) is 2. The predicted octanol–water partition coefficient (Wildman–Crippen LogP) is 5.55. The Hall–Kier alpha value is -4.10. The van der Waals surface area contributed by atoms with Crippen LogP contribution in [0.4, 0.5) is 10.5 Å². The molecule has 1 saturated heterocycles. The lowest BCUT2D eigenvalue weighted by Crippen LogP contribution is -2.54. The summed E-state index contributed by atoms with van der Waals surface area (Å²) in [5.74, 6) is -0.514. The number of hydrogen-bond donors (Lipinski definition) is 1. The van der Waals surface area contributed by atoms with E-state index in [-0.39, 0.29) is 11.7 Å². The summed E-state index contributed by atoms with van der Waals surface area (Å²) in [6.45, 7) is 4.19. The van der Waals surface area contributed by atoms with E-state index >= 15 is 0 Å². The molecule has 1 fully saturated rings. The van der Waals surface area contributed by atoms with Gasteiger partial charge in [-0.15, -0.1) is 0 Å². The van der Waals surface area contributed by atoms with Crippen LogP contribution in [0.5, 0.6) is 11.5 Å². The van der Waals surface area contributed by atoms with Crippen molar-refractivity contribution >= 4 is 41.2 Å². The Morgan fingerprint density at radius 3 is 2.37 bits per heavy atom. The number of imide groups is 2. The first kappa shape index (κ1) is 24.0. The number of benzene rings is 3. The maximum atomic E-state index is 13.1. The van der Waals surface area contributed by atoms with Gasteiger partial charge in [0.05, 0.1) is 12.3 Å². The fourth-order valence-electron chi connectivity index (χ4n) is 3.61. The largest absolute Gasteiger partial charge is 0.490 e. The minimum absolute atomic E-state index is 0.187. The summed E-state index contributed by atoms with van der Waals surface area (Å²) in [6.07, 6.45) is 1.20. The molecule has 0 spiro atoms. The van der Waals surface area contributed by atoms with Gasteiger partial charge in [0, 0.05) is 5.02 Å². The van der Waals surface area contributed by atoms with Crippen LogP contribution in [0.1, 0.15) is 31.1 Å². The first-order valence-corrected chi connectivity index (χ1v) is 11.4. The Labute approximate surface area is 207 Å². The highest BCUT2D eigenvalue weighted by Gasteiger charge is 2.36. The van der Waals surface area contributed by atoms with Gasteiger partial charge in [0.25, 0.3) is 11.8 Å². The number of halogens is 1. The van der Waals surface area contributed by atoms with E-state index in [4.69, 9.17) is 21.1 Å². The molecule has 1 aliphatic heterocycles. The number of nitrogens with zero attached hydrogens (tertiary/aromatic N) is 1. The molecule has 7 nitrogen and oxygen atoms in total. The SMILES string of the molecule is CCOc1cc(/C=C2/C(=O)NC(=O)N(c3ccc(Cl)cc3)C2=O)ccc1OC(C)c1ccccc1. The van der Waals surface area contributed by atoms with Crippen LogP contribution in [0, 0.1) is 0 Å². The average molecular weight is 491 g/mol. The first-order chi connectivity index (χ1) is 16.9. The van der Waals surface area contributed by atoms with Crippen molar-refractivity contribution in [1.29, 1.82) is 0 Å². The highest BCUT2D eigenvalue weighted by molar-refractivity contribution is 6.39. The molecule has 1 aliphatic rings. The molecular weight excluding hydrogens is 468 g/mol. The minimum Gasteiger partial charge on any atom is -0.490 e. The number of barbiturate groups is 1. The van der Waals surface area contributed by atoms with Crippen LogP contribution in [-0.2, 0) is 9.59 Å². The molecular formula is C27H23ClN2O5. The summed E-state index contributed by atoms with van der Waals surface area (Å²) in [6, 6.07) is 20.3. The van der Waals surface area contributed by atoms with Gasteiger partial charge in [0.2, 0.25) is 0 Å². The second-order valence-corrected chi connectivity index (χ2v) is 8.18. The molecule has 0 saturated carbocycles. The van der Waals surface area contributed by atoms with E-state index in [0.29, 0.717) is 34.4 Å². The Morgan fingerprint density at radius 2 is 1.69 bits per heavy atom. The van der Waals surface area contributed by atoms with Crippen molar-refractivity contribution in [2.45, 2.75) is 20.0 Å². The maximum Gasteiger partial charge on any atom is 0.335 e. The van der Waals surface area contributed by atoms with Crippen molar-refractivity contribution in [3.8, 4) is 11.5 Å². The van der Waals surface area contributed by atoms with Crippen molar-refractivity contribution in [1.82, 2.24) is 5.32 Å². The van der Waals surface area contributed by atoms with Crippen molar-refractivity contribution in [2.75, 3.05) is 11.5 Å². The van der Waals surface area contributed by atoms with Gasteiger partial charge in [-0.3, -0.25) is 14.9 Å². The molecule has 1 atom stereocenters. The number of carbonyl (C=O) groups excluding carboxylic acids is 3. The summed E-state index contributed by atoms with van der Waals surface area (Å²) < 4.78 is 11.9. The molecule has 0 aromatic heterocycles. The number of hydrogen-bond acceptors (Lipinski definition) is 5. The lowest BCUT2D eigenvalue weighted by Gasteiger charge is -2.26. The van der Waals surface area contributed by atoms with Gasteiger partial charge in [-0.05, 0) is 67.4 Å². The van der Waals surface area contributed by atoms with Gasteiger partial charge >= 0.3 is 6.03 Å². The molecule has 178 valence electrons. The van der Waals surface area contributed by atoms with E-state index in [2.05, 4.69) is 5.32 Å². The van der Waals surface area contributed by atoms with Gasteiger partial charge in [0.15, 0.2) is 11.5 Å². The molecule has 4 rings (SSSR count). The Bertz CT molecular complexity index is 1290. The highest BCUT2D eigenvalue weighted by atomic mass is 35.5. The van der Waals surface area contributed by atoms with Crippen LogP contribution in [-0.4, -0.2) is 24.5 Å². The Morgan fingerprint density at radius 1 is 0.971 bits per heavy atom. The van der Waals surface area contributed by atoms with Gasteiger partial charge in [-0.1, -0.05) is 48.0 Å². The third kappa shape index (κ3) is 5.36. The van der Waals surface area contributed by atoms with Gasteiger partial charge < -0.3 is 9.47 Å². The van der Waals surface area contributed by atoms with Crippen LogP contribution in [0.2, 0.25) is 5.02 Å².